The van der Waals surface area contributed by atoms with E-state index in [0.717, 1.165) is 50.6 Å². The largest absolute Gasteiger partial charge is 0.368 e. The Hall–Kier alpha value is -3.34. The standard InChI is InChI=1S/C25H26N4O/c1-19-5-4-7-22(17-19)27-13-15-28(16-14-27)24-10-9-21(18-26-24)25(30)29-12-11-20-6-2-3-8-23(20)29/h2-10,17-18H,11-16H2,1H3. The number of benzene rings is 2. The number of aromatic nitrogens is 1. The van der Waals surface area contributed by atoms with Crippen LogP contribution in [-0.2, 0) is 6.42 Å². The predicted octanol–water partition coefficient (Wildman–Crippen LogP) is 3.92. The van der Waals surface area contributed by atoms with Gasteiger partial charge < -0.3 is 14.7 Å². The highest BCUT2D eigenvalue weighted by molar-refractivity contribution is 6.07. The van der Waals surface area contributed by atoms with Gasteiger partial charge in [0.15, 0.2) is 0 Å². The Morgan fingerprint density at radius 2 is 1.67 bits per heavy atom. The number of amides is 1. The van der Waals surface area contributed by atoms with Crippen molar-refractivity contribution in [2.24, 2.45) is 0 Å². The summed E-state index contributed by atoms with van der Waals surface area (Å²) >= 11 is 0. The SMILES string of the molecule is Cc1cccc(N2CCN(c3ccc(C(=O)N4CCc5ccccc54)cn3)CC2)c1. The molecule has 3 heterocycles. The minimum atomic E-state index is 0.0308. The number of fused-ring (bicyclic) bond motifs is 1. The summed E-state index contributed by atoms with van der Waals surface area (Å²) in [6.45, 7) is 6.66. The number of pyridine rings is 1. The van der Waals surface area contributed by atoms with Crippen LogP contribution in [0.3, 0.4) is 0 Å². The van der Waals surface area contributed by atoms with E-state index in [9.17, 15) is 4.79 Å². The molecule has 2 aromatic carbocycles. The number of hydrogen-bond acceptors (Lipinski definition) is 4. The van der Waals surface area contributed by atoms with Crippen LogP contribution in [0.5, 0.6) is 0 Å². The van der Waals surface area contributed by atoms with E-state index in [0.29, 0.717) is 5.56 Å². The quantitative estimate of drug-likeness (QED) is 0.670. The average molecular weight is 399 g/mol. The van der Waals surface area contributed by atoms with Crippen LogP contribution in [0.2, 0.25) is 0 Å². The van der Waals surface area contributed by atoms with Crippen molar-refractivity contribution in [1.82, 2.24) is 4.98 Å². The molecular formula is C25H26N4O. The summed E-state index contributed by atoms with van der Waals surface area (Å²) in [5.41, 5.74) is 5.49. The number of hydrogen-bond donors (Lipinski definition) is 0. The van der Waals surface area contributed by atoms with Gasteiger partial charge in [-0.25, -0.2) is 4.98 Å². The van der Waals surface area contributed by atoms with E-state index >= 15 is 0 Å². The lowest BCUT2D eigenvalue weighted by atomic mass is 10.1. The Kier molecular flexibility index (Phi) is 4.87. The first-order valence-electron chi connectivity index (χ1n) is 10.6. The number of rotatable bonds is 3. The summed E-state index contributed by atoms with van der Waals surface area (Å²) in [4.78, 5) is 24.2. The number of carbonyl (C=O) groups is 1. The van der Waals surface area contributed by atoms with Crippen molar-refractivity contribution in [3.05, 3.63) is 83.6 Å². The van der Waals surface area contributed by atoms with Crippen molar-refractivity contribution in [1.29, 1.82) is 0 Å². The zero-order chi connectivity index (χ0) is 20.5. The summed E-state index contributed by atoms with van der Waals surface area (Å²) in [6, 6.07) is 20.7. The molecule has 0 unspecified atom stereocenters. The van der Waals surface area contributed by atoms with Crippen molar-refractivity contribution >= 4 is 23.1 Å². The highest BCUT2D eigenvalue weighted by Gasteiger charge is 2.25. The lowest BCUT2D eigenvalue weighted by Gasteiger charge is -2.36. The number of para-hydroxylation sites is 1. The maximum Gasteiger partial charge on any atom is 0.259 e. The number of aryl methyl sites for hydroxylation is 1. The molecule has 2 aliphatic heterocycles. The molecule has 0 aliphatic carbocycles. The summed E-state index contributed by atoms with van der Waals surface area (Å²) in [5.74, 6) is 0.973. The molecular weight excluding hydrogens is 372 g/mol. The van der Waals surface area contributed by atoms with Crippen LogP contribution in [0.4, 0.5) is 17.2 Å². The third-order valence-corrected chi connectivity index (χ3v) is 6.10. The molecule has 5 rings (SSSR count). The topological polar surface area (TPSA) is 39.7 Å². The molecule has 0 atom stereocenters. The van der Waals surface area contributed by atoms with E-state index in [1.54, 1.807) is 6.20 Å². The van der Waals surface area contributed by atoms with E-state index in [2.05, 4.69) is 52.0 Å². The predicted molar refractivity (Wildman–Crippen MR) is 122 cm³/mol. The highest BCUT2D eigenvalue weighted by Crippen LogP contribution is 2.29. The third-order valence-electron chi connectivity index (χ3n) is 6.10. The van der Waals surface area contributed by atoms with Crippen molar-refractivity contribution in [2.45, 2.75) is 13.3 Å². The van der Waals surface area contributed by atoms with Gasteiger partial charge in [-0.3, -0.25) is 4.79 Å². The van der Waals surface area contributed by atoms with Crippen LogP contribution in [0.15, 0.2) is 66.9 Å². The molecule has 0 radical (unpaired) electrons. The molecule has 1 amide bonds. The van der Waals surface area contributed by atoms with Gasteiger partial charge >= 0.3 is 0 Å². The Balaban J connectivity index is 1.24. The van der Waals surface area contributed by atoms with Crippen LogP contribution in [0.25, 0.3) is 0 Å². The van der Waals surface area contributed by atoms with Crippen molar-refractivity contribution in [2.75, 3.05) is 47.4 Å². The van der Waals surface area contributed by atoms with Gasteiger partial charge in [-0.1, -0.05) is 30.3 Å². The number of carbonyl (C=O) groups excluding carboxylic acids is 1. The number of piperazine rings is 1. The molecule has 1 fully saturated rings. The first-order chi connectivity index (χ1) is 14.7. The van der Waals surface area contributed by atoms with Crippen LogP contribution in [0, 0.1) is 6.92 Å². The summed E-state index contributed by atoms with van der Waals surface area (Å²) in [5, 5.41) is 0. The van der Waals surface area contributed by atoms with Crippen LogP contribution in [0.1, 0.15) is 21.5 Å². The van der Waals surface area contributed by atoms with Gasteiger partial charge in [0, 0.05) is 50.3 Å². The van der Waals surface area contributed by atoms with Gasteiger partial charge in [0.25, 0.3) is 5.91 Å². The lowest BCUT2D eigenvalue weighted by Crippen LogP contribution is -2.46. The molecule has 5 heteroatoms. The first-order valence-corrected chi connectivity index (χ1v) is 10.6. The van der Waals surface area contributed by atoms with Gasteiger partial charge in [0.2, 0.25) is 0 Å². The van der Waals surface area contributed by atoms with Gasteiger partial charge in [-0.2, -0.15) is 0 Å². The second-order valence-electron chi connectivity index (χ2n) is 8.05. The van der Waals surface area contributed by atoms with Crippen molar-refractivity contribution in [3.63, 3.8) is 0 Å². The van der Waals surface area contributed by atoms with Gasteiger partial charge in [-0.05, 0) is 54.8 Å². The molecule has 3 aromatic rings. The van der Waals surface area contributed by atoms with E-state index in [4.69, 9.17) is 0 Å². The molecule has 1 saturated heterocycles. The number of nitrogens with zero attached hydrogens (tertiary/aromatic N) is 4. The van der Waals surface area contributed by atoms with E-state index < -0.39 is 0 Å². The van der Waals surface area contributed by atoms with Crippen LogP contribution < -0.4 is 14.7 Å². The minimum absolute atomic E-state index is 0.0308. The summed E-state index contributed by atoms with van der Waals surface area (Å²) in [7, 11) is 0. The van der Waals surface area contributed by atoms with Gasteiger partial charge in [-0.15, -0.1) is 0 Å². The zero-order valence-corrected chi connectivity index (χ0v) is 17.3. The first kappa shape index (κ1) is 18.7. The second-order valence-corrected chi connectivity index (χ2v) is 8.05. The van der Waals surface area contributed by atoms with E-state index in [-0.39, 0.29) is 5.91 Å². The average Bonchev–Trinajstić information content (AvgIpc) is 3.23. The van der Waals surface area contributed by atoms with Gasteiger partial charge in [0.05, 0.1) is 5.56 Å². The molecule has 2 aliphatic rings. The monoisotopic (exact) mass is 398 g/mol. The van der Waals surface area contributed by atoms with Gasteiger partial charge in [0.1, 0.15) is 5.82 Å². The fourth-order valence-electron chi connectivity index (χ4n) is 4.42. The van der Waals surface area contributed by atoms with E-state index in [1.165, 1.54) is 16.8 Å². The summed E-state index contributed by atoms with van der Waals surface area (Å²) < 4.78 is 0. The fraction of sp³-hybridized carbons (Fsp3) is 0.280. The Morgan fingerprint density at radius 1 is 0.867 bits per heavy atom. The Morgan fingerprint density at radius 3 is 2.43 bits per heavy atom. The maximum atomic E-state index is 13.0. The molecule has 5 nitrogen and oxygen atoms in total. The van der Waals surface area contributed by atoms with Crippen molar-refractivity contribution in [3.8, 4) is 0 Å². The molecule has 1 aromatic heterocycles. The molecule has 0 bridgehead atoms. The minimum Gasteiger partial charge on any atom is -0.368 e. The Labute approximate surface area is 177 Å². The molecule has 0 N–H and O–H groups in total. The van der Waals surface area contributed by atoms with Crippen LogP contribution >= 0.6 is 0 Å². The second kappa shape index (κ2) is 7.82. The smallest absolute Gasteiger partial charge is 0.259 e. The van der Waals surface area contributed by atoms with E-state index in [1.807, 2.05) is 35.2 Å². The normalized spacial score (nSPS) is 16.0. The zero-order valence-electron chi connectivity index (χ0n) is 17.3. The lowest BCUT2D eigenvalue weighted by molar-refractivity contribution is 0.0989. The van der Waals surface area contributed by atoms with Crippen molar-refractivity contribution < 1.29 is 4.79 Å². The number of anilines is 3. The third kappa shape index (κ3) is 3.52. The summed E-state index contributed by atoms with van der Waals surface area (Å²) in [6.07, 6.45) is 2.64. The fourth-order valence-corrected chi connectivity index (χ4v) is 4.42. The molecule has 30 heavy (non-hydrogen) atoms. The molecule has 152 valence electrons. The highest BCUT2D eigenvalue weighted by atomic mass is 16.2. The molecule has 0 spiro atoms. The maximum absolute atomic E-state index is 13.0. The molecule has 0 saturated carbocycles. The van der Waals surface area contributed by atoms with Crippen LogP contribution in [-0.4, -0.2) is 43.6 Å². The Bertz CT molecular complexity index is 1050.